The van der Waals surface area contributed by atoms with Crippen molar-refractivity contribution in [2.75, 3.05) is 20.2 Å². The van der Waals surface area contributed by atoms with Crippen LogP contribution < -0.4 is 10.1 Å². The first-order valence-corrected chi connectivity index (χ1v) is 8.53. The van der Waals surface area contributed by atoms with Gasteiger partial charge in [0.2, 0.25) is 11.7 Å². The molecule has 2 heterocycles. The lowest BCUT2D eigenvalue weighted by molar-refractivity contribution is 0.173. The number of methoxy groups -OCH3 is 1. The maximum atomic E-state index is 12.4. The van der Waals surface area contributed by atoms with E-state index in [1.807, 2.05) is 24.3 Å². The van der Waals surface area contributed by atoms with Crippen LogP contribution in [0.3, 0.4) is 0 Å². The van der Waals surface area contributed by atoms with Crippen molar-refractivity contribution in [2.45, 2.75) is 25.8 Å². The first kappa shape index (κ1) is 17.7. The lowest BCUT2D eigenvalue weighted by atomic mass is 9.99. The third kappa shape index (κ3) is 3.94. The van der Waals surface area contributed by atoms with E-state index in [9.17, 15) is 4.79 Å². The highest BCUT2D eigenvalue weighted by molar-refractivity contribution is 5.74. The van der Waals surface area contributed by atoms with Gasteiger partial charge in [-0.2, -0.15) is 10.2 Å². The molecule has 2 aromatic rings. The molecule has 1 aromatic carbocycles. The van der Waals surface area contributed by atoms with Crippen molar-refractivity contribution in [3.05, 3.63) is 30.2 Å². The van der Waals surface area contributed by atoms with E-state index in [0.29, 0.717) is 37.6 Å². The number of amides is 2. The quantitative estimate of drug-likeness (QED) is 0.904. The van der Waals surface area contributed by atoms with Crippen molar-refractivity contribution < 1.29 is 14.1 Å². The highest BCUT2D eigenvalue weighted by Crippen LogP contribution is 2.22. The second kappa shape index (κ2) is 7.87. The number of likely N-dealkylation sites (tertiary alicyclic amines) is 1. The number of ether oxygens (including phenoxy) is 1. The zero-order valence-electron chi connectivity index (χ0n) is 14.8. The number of urea groups is 1. The molecule has 1 aromatic heterocycles. The third-order valence-electron chi connectivity index (χ3n) is 4.47. The number of hydrogen-bond acceptors (Lipinski definition) is 6. The summed E-state index contributed by atoms with van der Waals surface area (Å²) >= 11 is 0. The van der Waals surface area contributed by atoms with E-state index in [2.05, 4.69) is 21.5 Å². The van der Waals surface area contributed by atoms with E-state index in [4.69, 9.17) is 14.5 Å². The Labute approximate surface area is 151 Å². The molecule has 1 saturated heterocycles. The van der Waals surface area contributed by atoms with Crippen molar-refractivity contribution in [3.63, 3.8) is 0 Å². The number of nitriles is 1. The molecule has 1 atom stereocenters. The lowest BCUT2D eigenvalue weighted by Gasteiger charge is -2.29. The smallest absolute Gasteiger partial charge is 0.318 e. The maximum Gasteiger partial charge on any atom is 0.318 e. The van der Waals surface area contributed by atoms with Gasteiger partial charge in [0.1, 0.15) is 11.8 Å². The molecule has 8 heteroatoms. The molecule has 0 saturated carbocycles. The Kier molecular flexibility index (Phi) is 5.37. The molecular formula is C18H21N5O3. The summed E-state index contributed by atoms with van der Waals surface area (Å²) in [5.41, 5.74) is 0.804. The minimum Gasteiger partial charge on any atom is -0.497 e. The molecule has 2 amide bonds. The summed E-state index contributed by atoms with van der Waals surface area (Å²) < 4.78 is 10.4. The van der Waals surface area contributed by atoms with Crippen LogP contribution in [0.15, 0.2) is 28.8 Å². The largest absolute Gasteiger partial charge is 0.497 e. The summed E-state index contributed by atoms with van der Waals surface area (Å²) in [5, 5.41) is 15.8. The van der Waals surface area contributed by atoms with E-state index in [1.54, 1.807) is 18.9 Å². The van der Waals surface area contributed by atoms with Crippen LogP contribution in [0.25, 0.3) is 11.4 Å². The minimum absolute atomic E-state index is 0.0412. The monoisotopic (exact) mass is 355 g/mol. The Morgan fingerprint density at radius 3 is 2.69 bits per heavy atom. The average molecular weight is 355 g/mol. The van der Waals surface area contributed by atoms with Crippen LogP contribution in [0.1, 0.15) is 31.7 Å². The summed E-state index contributed by atoms with van der Waals surface area (Å²) in [6.07, 6.45) is 1.42. The van der Waals surface area contributed by atoms with Crippen LogP contribution in [0.5, 0.6) is 5.75 Å². The normalized spacial score (nSPS) is 16.0. The van der Waals surface area contributed by atoms with Crippen molar-refractivity contribution in [1.29, 1.82) is 5.26 Å². The molecule has 136 valence electrons. The highest BCUT2D eigenvalue weighted by atomic mass is 16.5. The van der Waals surface area contributed by atoms with Gasteiger partial charge in [-0.15, -0.1) is 0 Å². The fourth-order valence-electron chi connectivity index (χ4n) is 2.82. The van der Waals surface area contributed by atoms with Crippen LogP contribution in [-0.4, -0.2) is 41.3 Å². The van der Waals surface area contributed by atoms with Crippen LogP contribution in [0.4, 0.5) is 4.79 Å². The summed E-state index contributed by atoms with van der Waals surface area (Å²) in [6.45, 7) is 2.96. The molecule has 0 aliphatic carbocycles. The Hall–Kier alpha value is -3.08. The maximum absolute atomic E-state index is 12.4. The highest BCUT2D eigenvalue weighted by Gasteiger charge is 2.25. The molecule has 1 aliphatic rings. The van der Waals surface area contributed by atoms with Gasteiger partial charge in [-0.3, -0.25) is 0 Å². The number of hydrogen-bond donors (Lipinski definition) is 1. The number of carbonyl (C=O) groups is 1. The van der Waals surface area contributed by atoms with Crippen LogP contribution >= 0.6 is 0 Å². The lowest BCUT2D eigenvalue weighted by Crippen LogP contribution is -2.45. The van der Waals surface area contributed by atoms with Crippen LogP contribution in [0.2, 0.25) is 0 Å². The molecule has 8 nitrogen and oxygen atoms in total. The van der Waals surface area contributed by atoms with Crippen molar-refractivity contribution in [3.8, 4) is 23.2 Å². The summed E-state index contributed by atoms with van der Waals surface area (Å²) in [5.74, 6) is 1.59. The predicted octanol–water partition coefficient (Wildman–Crippen LogP) is 2.75. The predicted molar refractivity (Wildman–Crippen MR) is 93.1 cm³/mol. The third-order valence-corrected chi connectivity index (χ3v) is 4.47. The number of nitrogens with zero attached hydrogens (tertiary/aromatic N) is 4. The molecule has 0 bridgehead atoms. The zero-order valence-corrected chi connectivity index (χ0v) is 14.8. The molecule has 0 radical (unpaired) electrons. The molecular weight excluding hydrogens is 334 g/mol. The molecule has 1 aliphatic heterocycles. The van der Waals surface area contributed by atoms with Crippen molar-refractivity contribution in [1.82, 2.24) is 20.4 Å². The van der Waals surface area contributed by atoms with Gasteiger partial charge in [-0.1, -0.05) is 5.16 Å². The fourth-order valence-corrected chi connectivity index (χ4v) is 2.82. The van der Waals surface area contributed by atoms with Gasteiger partial charge in [-0.05, 0) is 44.0 Å². The standard InChI is InChI=1S/C18H21N5O3/c1-12(20-18(24)23-9-7-13(11-19)8-10-23)17-21-16(22-26-17)14-3-5-15(25-2)6-4-14/h3-6,12-13H,7-10H2,1-2H3,(H,20,24)/t12-/m0/s1. The van der Waals surface area contributed by atoms with E-state index >= 15 is 0 Å². The van der Waals surface area contributed by atoms with Gasteiger partial charge >= 0.3 is 6.03 Å². The van der Waals surface area contributed by atoms with Gasteiger partial charge in [-0.25, -0.2) is 4.79 Å². The second-order valence-electron chi connectivity index (χ2n) is 6.25. The molecule has 0 spiro atoms. The van der Waals surface area contributed by atoms with Crippen LogP contribution in [-0.2, 0) is 0 Å². The first-order chi connectivity index (χ1) is 12.6. The number of aromatic nitrogens is 2. The number of nitrogens with one attached hydrogen (secondary N) is 1. The number of piperidine rings is 1. The minimum atomic E-state index is -0.407. The van der Waals surface area contributed by atoms with E-state index in [-0.39, 0.29) is 11.9 Å². The fraction of sp³-hybridized carbons (Fsp3) is 0.444. The van der Waals surface area contributed by atoms with Gasteiger partial charge in [0.25, 0.3) is 0 Å². The Morgan fingerprint density at radius 2 is 2.08 bits per heavy atom. The Morgan fingerprint density at radius 1 is 1.38 bits per heavy atom. The second-order valence-corrected chi connectivity index (χ2v) is 6.25. The van der Waals surface area contributed by atoms with Crippen molar-refractivity contribution in [2.24, 2.45) is 5.92 Å². The first-order valence-electron chi connectivity index (χ1n) is 8.53. The topological polar surface area (TPSA) is 104 Å². The zero-order chi connectivity index (χ0) is 18.5. The molecule has 0 unspecified atom stereocenters. The molecule has 1 N–H and O–H groups in total. The SMILES string of the molecule is COc1ccc(-c2noc([C@H](C)NC(=O)N3CCC(C#N)CC3)n2)cc1. The van der Waals surface area contributed by atoms with Crippen molar-refractivity contribution >= 4 is 6.03 Å². The number of carbonyl (C=O) groups excluding carboxylic acids is 1. The molecule has 26 heavy (non-hydrogen) atoms. The van der Waals surface area contributed by atoms with Crippen LogP contribution in [0, 0.1) is 17.2 Å². The van der Waals surface area contributed by atoms with Gasteiger partial charge in [0.15, 0.2) is 0 Å². The average Bonchev–Trinajstić information content (AvgIpc) is 3.18. The number of benzene rings is 1. The van der Waals surface area contributed by atoms with Gasteiger partial charge in [0, 0.05) is 24.6 Å². The molecule has 1 fully saturated rings. The number of rotatable bonds is 4. The van der Waals surface area contributed by atoms with E-state index in [0.717, 1.165) is 11.3 Å². The summed E-state index contributed by atoms with van der Waals surface area (Å²) in [6, 6.07) is 9.00. The van der Waals surface area contributed by atoms with E-state index < -0.39 is 6.04 Å². The van der Waals surface area contributed by atoms with E-state index in [1.165, 1.54) is 0 Å². The summed E-state index contributed by atoms with van der Waals surface area (Å²) in [7, 11) is 1.61. The van der Waals surface area contributed by atoms with Gasteiger partial charge in [0.05, 0.1) is 13.2 Å². The Balaban J connectivity index is 1.60. The Bertz CT molecular complexity index is 788. The molecule has 3 rings (SSSR count). The summed E-state index contributed by atoms with van der Waals surface area (Å²) in [4.78, 5) is 18.4. The van der Waals surface area contributed by atoms with Gasteiger partial charge < -0.3 is 19.5 Å².